The van der Waals surface area contributed by atoms with E-state index in [9.17, 15) is 8.42 Å². The minimum absolute atomic E-state index is 0.252. The third kappa shape index (κ3) is 3.19. The molecule has 1 aliphatic rings. The lowest BCUT2D eigenvalue weighted by Crippen LogP contribution is -2.58. The van der Waals surface area contributed by atoms with Gasteiger partial charge in [0.05, 0.1) is 22.0 Å². The summed E-state index contributed by atoms with van der Waals surface area (Å²) in [5, 5.41) is 0. The predicted octanol–water partition coefficient (Wildman–Crippen LogP) is 2.33. The zero-order chi connectivity index (χ0) is 15.2. The molecule has 2 rings (SSSR count). The fourth-order valence-electron chi connectivity index (χ4n) is 2.68. The van der Waals surface area contributed by atoms with Gasteiger partial charge in [0.2, 0.25) is 10.0 Å². The molecule has 1 aliphatic heterocycles. The minimum atomic E-state index is -3.53. The van der Waals surface area contributed by atoms with Gasteiger partial charge >= 0.3 is 0 Å². The topological polar surface area (TPSA) is 62.4 Å². The molecular weight excluding hydrogens is 300 g/mol. The first kappa shape index (κ1) is 15.8. The molecule has 0 saturated carbocycles. The molecule has 0 atom stereocenters. The average Bonchev–Trinajstić information content (AvgIpc) is 2.73. The summed E-state index contributed by atoms with van der Waals surface area (Å²) < 4.78 is 32.8. The Kier molecular flexibility index (Phi) is 3.97. The lowest BCUT2D eigenvalue weighted by molar-refractivity contribution is -0.163. The number of H-pyrrole nitrogens is 1. The second kappa shape index (κ2) is 5.02. The number of nitrogens with zero attached hydrogens (tertiary/aromatic N) is 1. The largest absolute Gasteiger partial charge is 0.367 e. The van der Waals surface area contributed by atoms with E-state index >= 15 is 0 Å². The standard InChI is InChI=1S/C13H21ClN2O3S/c1-12(2)8-16(9-13(3,4)19-12)20(17,18)11-5-10(6-14)15-7-11/h5,7,15H,6,8-9H2,1-4H3. The Bertz CT molecular complexity index is 577. The fourth-order valence-corrected chi connectivity index (χ4v) is 4.60. The van der Waals surface area contributed by atoms with Gasteiger partial charge in [-0.05, 0) is 33.8 Å². The molecule has 0 radical (unpaired) electrons. The number of aromatic nitrogens is 1. The first-order chi connectivity index (χ1) is 9.06. The zero-order valence-electron chi connectivity index (χ0n) is 12.2. The summed E-state index contributed by atoms with van der Waals surface area (Å²) in [6.45, 7) is 8.27. The van der Waals surface area contributed by atoms with Crippen LogP contribution in [0.25, 0.3) is 0 Å². The van der Waals surface area contributed by atoms with E-state index in [0.717, 1.165) is 0 Å². The van der Waals surface area contributed by atoms with Crippen molar-refractivity contribution in [3.05, 3.63) is 18.0 Å². The SMILES string of the molecule is CC1(C)CN(S(=O)(=O)c2c[nH]c(CCl)c2)CC(C)(C)O1. The van der Waals surface area contributed by atoms with Crippen LogP contribution in [-0.4, -0.2) is 42.0 Å². The van der Waals surface area contributed by atoms with E-state index in [4.69, 9.17) is 16.3 Å². The molecule has 20 heavy (non-hydrogen) atoms. The van der Waals surface area contributed by atoms with Gasteiger partial charge in [0.15, 0.2) is 0 Å². The summed E-state index contributed by atoms with van der Waals surface area (Å²) in [4.78, 5) is 3.12. The Morgan fingerprint density at radius 1 is 1.30 bits per heavy atom. The van der Waals surface area contributed by atoms with Crippen LogP contribution in [0.5, 0.6) is 0 Å². The van der Waals surface area contributed by atoms with Crippen molar-refractivity contribution in [2.45, 2.75) is 49.7 Å². The Balaban J connectivity index is 2.33. The van der Waals surface area contributed by atoms with Gasteiger partial charge in [-0.1, -0.05) is 0 Å². The van der Waals surface area contributed by atoms with Crippen molar-refractivity contribution in [2.75, 3.05) is 13.1 Å². The summed E-state index contributed by atoms with van der Waals surface area (Å²) in [5.74, 6) is 0.260. The van der Waals surface area contributed by atoms with Crippen LogP contribution in [0.15, 0.2) is 17.2 Å². The molecule has 0 amide bonds. The van der Waals surface area contributed by atoms with Crippen molar-refractivity contribution in [2.24, 2.45) is 0 Å². The van der Waals surface area contributed by atoms with E-state index in [-0.39, 0.29) is 10.8 Å². The van der Waals surface area contributed by atoms with Crippen LogP contribution in [0, 0.1) is 0 Å². The molecule has 114 valence electrons. The highest BCUT2D eigenvalue weighted by Crippen LogP contribution is 2.31. The Morgan fingerprint density at radius 3 is 2.30 bits per heavy atom. The third-order valence-corrected chi connectivity index (χ3v) is 5.22. The van der Waals surface area contributed by atoms with Crippen molar-refractivity contribution in [1.29, 1.82) is 0 Å². The predicted molar refractivity (Wildman–Crippen MR) is 78.4 cm³/mol. The number of morpholine rings is 1. The Hall–Kier alpha value is -0.560. The maximum absolute atomic E-state index is 12.7. The van der Waals surface area contributed by atoms with Gasteiger partial charge in [-0.15, -0.1) is 11.6 Å². The summed E-state index contributed by atoms with van der Waals surface area (Å²) in [6.07, 6.45) is 1.49. The van der Waals surface area contributed by atoms with Crippen LogP contribution >= 0.6 is 11.6 Å². The van der Waals surface area contributed by atoms with E-state index in [0.29, 0.717) is 18.8 Å². The third-order valence-electron chi connectivity index (χ3n) is 3.16. The van der Waals surface area contributed by atoms with E-state index in [1.165, 1.54) is 10.5 Å². The fraction of sp³-hybridized carbons (Fsp3) is 0.692. The van der Waals surface area contributed by atoms with Gasteiger partial charge in [0.1, 0.15) is 0 Å². The maximum Gasteiger partial charge on any atom is 0.244 e. The van der Waals surface area contributed by atoms with E-state index < -0.39 is 21.2 Å². The molecule has 0 bridgehead atoms. The van der Waals surface area contributed by atoms with Crippen molar-refractivity contribution in [1.82, 2.24) is 9.29 Å². The van der Waals surface area contributed by atoms with Gasteiger partial charge in [-0.2, -0.15) is 4.31 Å². The van der Waals surface area contributed by atoms with Crippen LogP contribution in [0.4, 0.5) is 0 Å². The highest BCUT2D eigenvalue weighted by atomic mass is 35.5. The minimum Gasteiger partial charge on any atom is -0.367 e. The van der Waals surface area contributed by atoms with Gasteiger partial charge in [0.25, 0.3) is 0 Å². The normalized spacial score (nSPS) is 22.9. The molecule has 0 spiro atoms. The number of rotatable bonds is 3. The highest BCUT2D eigenvalue weighted by molar-refractivity contribution is 7.89. The number of sulfonamides is 1. The van der Waals surface area contributed by atoms with E-state index in [2.05, 4.69) is 4.98 Å². The number of hydrogen-bond acceptors (Lipinski definition) is 3. The van der Waals surface area contributed by atoms with Crippen LogP contribution in [0.1, 0.15) is 33.4 Å². The Morgan fingerprint density at radius 2 is 1.85 bits per heavy atom. The van der Waals surface area contributed by atoms with Crippen molar-refractivity contribution in [3.63, 3.8) is 0 Å². The second-order valence-corrected chi connectivity index (χ2v) is 8.59. The molecule has 1 aromatic heterocycles. The summed E-state index contributed by atoms with van der Waals surface area (Å²) in [5.41, 5.74) is -0.335. The van der Waals surface area contributed by atoms with Crippen molar-refractivity contribution >= 4 is 21.6 Å². The van der Waals surface area contributed by atoms with Crippen LogP contribution < -0.4 is 0 Å². The molecule has 0 aromatic carbocycles. The highest BCUT2D eigenvalue weighted by Gasteiger charge is 2.43. The van der Waals surface area contributed by atoms with Crippen LogP contribution in [0.3, 0.4) is 0 Å². The number of ether oxygens (including phenoxy) is 1. The van der Waals surface area contributed by atoms with Gasteiger partial charge in [0, 0.05) is 25.0 Å². The molecule has 0 aliphatic carbocycles. The first-order valence-electron chi connectivity index (χ1n) is 6.49. The van der Waals surface area contributed by atoms with E-state index in [1.54, 1.807) is 6.07 Å². The molecule has 7 heteroatoms. The number of halogens is 1. The monoisotopic (exact) mass is 320 g/mol. The molecule has 5 nitrogen and oxygen atoms in total. The van der Waals surface area contributed by atoms with E-state index in [1.807, 2.05) is 27.7 Å². The number of hydrogen-bond donors (Lipinski definition) is 1. The number of alkyl halides is 1. The van der Waals surface area contributed by atoms with Crippen LogP contribution in [0.2, 0.25) is 0 Å². The molecular formula is C13H21ClN2O3S. The smallest absolute Gasteiger partial charge is 0.244 e. The molecule has 1 aromatic rings. The van der Waals surface area contributed by atoms with Crippen molar-refractivity contribution < 1.29 is 13.2 Å². The van der Waals surface area contributed by atoms with Gasteiger partial charge in [-0.25, -0.2) is 8.42 Å². The lowest BCUT2D eigenvalue weighted by Gasteiger charge is -2.46. The van der Waals surface area contributed by atoms with Gasteiger partial charge < -0.3 is 9.72 Å². The summed E-state index contributed by atoms with van der Waals surface area (Å²) in [7, 11) is -3.53. The van der Waals surface area contributed by atoms with Crippen molar-refractivity contribution in [3.8, 4) is 0 Å². The lowest BCUT2D eigenvalue weighted by atomic mass is 10.0. The summed E-state index contributed by atoms with van der Waals surface area (Å²) >= 11 is 5.71. The zero-order valence-corrected chi connectivity index (χ0v) is 13.8. The average molecular weight is 321 g/mol. The number of nitrogens with one attached hydrogen (secondary N) is 1. The van der Waals surface area contributed by atoms with Gasteiger partial charge in [-0.3, -0.25) is 0 Å². The quantitative estimate of drug-likeness (QED) is 0.869. The van der Waals surface area contributed by atoms with Crippen LogP contribution in [-0.2, 0) is 20.6 Å². The molecule has 2 heterocycles. The Labute approximate surface area is 125 Å². The maximum atomic E-state index is 12.7. The molecule has 1 saturated heterocycles. The molecule has 1 N–H and O–H groups in total. The first-order valence-corrected chi connectivity index (χ1v) is 8.47. The molecule has 0 unspecified atom stereocenters. The summed E-state index contributed by atoms with van der Waals surface area (Å²) in [6, 6.07) is 1.58. The molecule has 1 fully saturated rings. The second-order valence-electron chi connectivity index (χ2n) is 6.39. The number of aromatic amines is 1.